The quantitative estimate of drug-likeness (QED) is 0.763. The maximum absolute atomic E-state index is 5.84. The lowest BCUT2D eigenvalue weighted by atomic mass is 9.98. The summed E-state index contributed by atoms with van der Waals surface area (Å²) < 4.78 is 0. The van der Waals surface area contributed by atoms with Gasteiger partial charge >= 0.3 is 0 Å². The maximum atomic E-state index is 5.84. The number of nitrogens with zero attached hydrogens (tertiary/aromatic N) is 2. The normalized spacial score (nSPS) is 29.0. The fourth-order valence-electron chi connectivity index (χ4n) is 2.35. The Morgan fingerprint density at radius 3 is 2.60 bits per heavy atom. The maximum Gasteiger partial charge on any atom is 0.0342 e. The van der Waals surface area contributed by atoms with Gasteiger partial charge in [-0.2, -0.15) is 0 Å². The molecule has 1 heterocycles. The standard InChI is InChI=1S/C12H27N3/c1-5-7-15-10-11(9-13)14(4)8-6-12(15,2)3/h11H,5-10,13H2,1-4H3. The first-order valence-electron chi connectivity index (χ1n) is 6.16. The summed E-state index contributed by atoms with van der Waals surface area (Å²) in [6.45, 7) is 11.2. The first-order chi connectivity index (χ1) is 7.01. The minimum atomic E-state index is 0.328. The molecule has 3 heteroatoms. The second-order valence-electron chi connectivity index (χ2n) is 5.38. The van der Waals surface area contributed by atoms with Gasteiger partial charge in [-0.1, -0.05) is 6.92 Å². The van der Waals surface area contributed by atoms with Crippen molar-refractivity contribution >= 4 is 0 Å². The molecule has 3 nitrogen and oxygen atoms in total. The van der Waals surface area contributed by atoms with Crippen LogP contribution in [0.1, 0.15) is 33.6 Å². The Balaban J connectivity index is 2.72. The number of rotatable bonds is 3. The van der Waals surface area contributed by atoms with E-state index in [1.807, 2.05) is 0 Å². The average Bonchev–Trinajstić information content (AvgIpc) is 2.29. The van der Waals surface area contributed by atoms with Gasteiger partial charge < -0.3 is 10.6 Å². The van der Waals surface area contributed by atoms with Gasteiger partial charge in [0.1, 0.15) is 0 Å². The number of hydrogen-bond acceptors (Lipinski definition) is 3. The Kier molecular flexibility index (Phi) is 4.56. The third kappa shape index (κ3) is 3.16. The number of likely N-dealkylation sites (N-methyl/N-ethyl adjacent to an activating group) is 1. The molecule has 0 radical (unpaired) electrons. The van der Waals surface area contributed by atoms with Crippen molar-refractivity contribution in [2.75, 3.05) is 33.2 Å². The zero-order valence-corrected chi connectivity index (χ0v) is 10.8. The van der Waals surface area contributed by atoms with Crippen LogP contribution >= 0.6 is 0 Å². The van der Waals surface area contributed by atoms with Gasteiger partial charge in [0.2, 0.25) is 0 Å². The first kappa shape index (κ1) is 12.9. The van der Waals surface area contributed by atoms with Crippen LogP contribution in [0.15, 0.2) is 0 Å². The van der Waals surface area contributed by atoms with Crippen LogP contribution in [0.5, 0.6) is 0 Å². The van der Waals surface area contributed by atoms with Crippen LogP contribution in [0, 0.1) is 0 Å². The van der Waals surface area contributed by atoms with E-state index in [-0.39, 0.29) is 0 Å². The lowest BCUT2D eigenvalue weighted by molar-refractivity contribution is 0.116. The van der Waals surface area contributed by atoms with E-state index in [1.54, 1.807) is 0 Å². The van der Waals surface area contributed by atoms with Crippen LogP contribution in [-0.4, -0.2) is 54.6 Å². The second-order valence-corrected chi connectivity index (χ2v) is 5.38. The Bertz CT molecular complexity index is 191. The van der Waals surface area contributed by atoms with Gasteiger partial charge in [0.05, 0.1) is 0 Å². The van der Waals surface area contributed by atoms with E-state index in [0.29, 0.717) is 11.6 Å². The van der Waals surface area contributed by atoms with Crippen molar-refractivity contribution in [2.45, 2.75) is 45.2 Å². The summed E-state index contributed by atoms with van der Waals surface area (Å²) in [7, 11) is 2.20. The van der Waals surface area contributed by atoms with Crippen molar-refractivity contribution < 1.29 is 0 Å². The fraction of sp³-hybridized carbons (Fsp3) is 1.00. The fourth-order valence-corrected chi connectivity index (χ4v) is 2.35. The van der Waals surface area contributed by atoms with Crippen LogP contribution in [0.3, 0.4) is 0 Å². The molecule has 1 unspecified atom stereocenters. The van der Waals surface area contributed by atoms with E-state index in [9.17, 15) is 0 Å². The highest BCUT2D eigenvalue weighted by atomic mass is 15.3. The van der Waals surface area contributed by atoms with Crippen LogP contribution in [-0.2, 0) is 0 Å². The number of hydrogen-bond donors (Lipinski definition) is 1. The summed E-state index contributed by atoms with van der Waals surface area (Å²) in [5.41, 5.74) is 6.17. The smallest absolute Gasteiger partial charge is 0.0342 e. The summed E-state index contributed by atoms with van der Waals surface area (Å²) in [6, 6.07) is 0.526. The van der Waals surface area contributed by atoms with Crippen molar-refractivity contribution in [3.63, 3.8) is 0 Å². The third-order valence-corrected chi connectivity index (χ3v) is 3.75. The van der Waals surface area contributed by atoms with Crippen LogP contribution in [0.2, 0.25) is 0 Å². The van der Waals surface area contributed by atoms with Crippen molar-refractivity contribution in [3.05, 3.63) is 0 Å². The monoisotopic (exact) mass is 213 g/mol. The first-order valence-corrected chi connectivity index (χ1v) is 6.16. The Morgan fingerprint density at radius 2 is 2.07 bits per heavy atom. The average molecular weight is 213 g/mol. The number of nitrogens with two attached hydrogens (primary N) is 1. The lowest BCUT2D eigenvalue weighted by Crippen LogP contribution is -2.48. The molecule has 0 bridgehead atoms. The van der Waals surface area contributed by atoms with E-state index < -0.39 is 0 Å². The van der Waals surface area contributed by atoms with Crippen LogP contribution in [0.25, 0.3) is 0 Å². The van der Waals surface area contributed by atoms with E-state index in [4.69, 9.17) is 5.73 Å². The predicted octanol–water partition coefficient (Wildman–Crippen LogP) is 1.14. The molecule has 0 spiro atoms. The molecule has 0 aromatic rings. The molecule has 1 atom stereocenters. The molecule has 1 aliphatic heterocycles. The van der Waals surface area contributed by atoms with E-state index >= 15 is 0 Å². The summed E-state index contributed by atoms with van der Waals surface area (Å²) in [4.78, 5) is 5.02. The predicted molar refractivity (Wildman–Crippen MR) is 66.0 cm³/mol. The molecule has 0 aromatic carbocycles. The molecule has 0 amide bonds. The molecule has 15 heavy (non-hydrogen) atoms. The molecule has 0 aliphatic carbocycles. The van der Waals surface area contributed by atoms with Gasteiger partial charge in [-0.05, 0) is 46.8 Å². The Labute approximate surface area is 94.6 Å². The van der Waals surface area contributed by atoms with Crippen LogP contribution in [0.4, 0.5) is 0 Å². The van der Waals surface area contributed by atoms with E-state index in [1.165, 1.54) is 19.4 Å². The molecular formula is C12H27N3. The summed E-state index contributed by atoms with van der Waals surface area (Å²) in [6.07, 6.45) is 2.46. The lowest BCUT2D eigenvalue weighted by Gasteiger charge is -2.37. The highest BCUT2D eigenvalue weighted by Gasteiger charge is 2.32. The van der Waals surface area contributed by atoms with Gasteiger partial charge in [-0.15, -0.1) is 0 Å². The molecular weight excluding hydrogens is 186 g/mol. The topological polar surface area (TPSA) is 32.5 Å². The van der Waals surface area contributed by atoms with Crippen LogP contribution < -0.4 is 5.73 Å². The zero-order valence-electron chi connectivity index (χ0n) is 10.8. The minimum Gasteiger partial charge on any atom is -0.329 e. The van der Waals surface area contributed by atoms with Gasteiger partial charge in [0.15, 0.2) is 0 Å². The third-order valence-electron chi connectivity index (χ3n) is 3.75. The molecule has 2 N–H and O–H groups in total. The molecule has 1 fully saturated rings. The highest BCUT2D eigenvalue weighted by molar-refractivity contribution is 4.90. The Morgan fingerprint density at radius 1 is 1.40 bits per heavy atom. The largest absolute Gasteiger partial charge is 0.329 e. The summed E-state index contributed by atoms with van der Waals surface area (Å²) in [5.74, 6) is 0. The SMILES string of the molecule is CCCN1CC(CN)N(C)CCC1(C)C. The molecule has 1 saturated heterocycles. The van der Waals surface area contributed by atoms with Crippen molar-refractivity contribution in [1.29, 1.82) is 0 Å². The van der Waals surface area contributed by atoms with Crippen molar-refractivity contribution in [1.82, 2.24) is 9.80 Å². The molecule has 0 aromatic heterocycles. The van der Waals surface area contributed by atoms with Gasteiger partial charge in [-0.25, -0.2) is 0 Å². The van der Waals surface area contributed by atoms with Gasteiger partial charge in [-0.3, -0.25) is 4.90 Å². The zero-order chi connectivity index (χ0) is 11.5. The molecule has 90 valence electrons. The molecule has 1 rings (SSSR count). The minimum absolute atomic E-state index is 0.328. The van der Waals surface area contributed by atoms with Gasteiger partial charge in [0, 0.05) is 24.7 Å². The van der Waals surface area contributed by atoms with E-state index in [2.05, 4.69) is 37.6 Å². The second kappa shape index (κ2) is 5.28. The van der Waals surface area contributed by atoms with Crippen molar-refractivity contribution in [2.24, 2.45) is 5.73 Å². The summed E-state index contributed by atoms with van der Waals surface area (Å²) >= 11 is 0. The van der Waals surface area contributed by atoms with E-state index in [0.717, 1.165) is 19.6 Å². The highest BCUT2D eigenvalue weighted by Crippen LogP contribution is 2.24. The summed E-state index contributed by atoms with van der Waals surface area (Å²) in [5, 5.41) is 0. The molecule has 1 aliphatic rings. The molecule has 0 saturated carbocycles. The van der Waals surface area contributed by atoms with Crippen molar-refractivity contribution in [3.8, 4) is 0 Å². The Hall–Kier alpha value is -0.120. The van der Waals surface area contributed by atoms with Gasteiger partial charge in [0.25, 0.3) is 0 Å².